The van der Waals surface area contributed by atoms with Crippen LogP contribution in [0.15, 0.2) is 66.7 Å². The van der Waals surface area contributed by atoms with Gasteiger partial charge in [0.25, 0.3) is 11.8 Å². The highest BCUT2D eigenvalue weighted by atomic mass is 32.2. The summed E-state index contributed by atoms with van der Waals surface area (Å²) < 4.78 is 44.3. The number of para-hydroxylation sites is 1. The van der Waals surface area contributed by atoms with Crippen molar-refractivity contribution in [2.24, 2.45) is 7.05 Å². The first-order valence-electron chi connectivity index (χ1n) is 16.6. The molecule has 2 aliphatic rings. The van der Waals surface area contributed by atoms with Crippen LogP contribution in [0.5, 0.6) is 23.0 Å². The topological polar surface area (TPSA) is 124 Å². The van der Waals surface area contributed by atoms with E-state index in [0.29, 0.717) is 54.1 Å². The molecule has 0 N–H and O–H groups in total. The summed E-state index contributed by atoms with van der Waals surface area (Å²) in [4.78, 5) is 30.8. The van der Waals surface area contributed by atoms with Crippen molar-refractivity contribution >= 4 is 21.8 Å². The van der Waals surface area contributed by atoms with E-state index in [-0.39, 0.29) is 31.4 Å². The second kappa shape index (κ2) is 14.5. The number of rotatable bonds is 12. The van der Waals surface area contributed by atoms with Crippen LogP contribution in [0.2, 0.25) is 0 Å². The lowest BCUT2D eigenvalue weighted by Crippen LogP contribution is -2.50. The molecule has 6 rings (SSSR count). The van der Waals surface area contributed by atoms with Crippen LogP contribution in [-0.4, -0.2) is 90.8 Å². The Morgan fingerprint density at radius 2 is 1.56 bits per heavy atom. The number of aryl methyl sites for hydroxylation is 2. The fourth-order valence-electron chi connectivity index (χ4n) is 6.21. The van der Waals surface area contributed by atoms with Crippen molar-refractivity contribution in [1.29, 1.82) is 0 Å². The number of carbonyl (C=O) groups excluding carboxylic acids is 2. The molecule has 0 radical (unpaired) electrons. The van der Waals surface area contributed by atoms with E-state index in [0.717, 1.165) is 41.0 Å². The first kappa shape index (κ1) is 35.0. The summed E-state index contributed by atoms with van der Waals surface area (Å²) >= 11 is 0. The van der Waals surface area contributed by atoms with Gasteiger partial charge in [-0.15, -0.1) is 0 Å². The average molecular weight is 702 g/mol. The lowest BCUT2D eigenvalue weighted by Gasteiger charge is -2.33. The van der Waals surface area contributed by atoms with Gasteiger partial charge in [0.2, 0.25) is 10.0 Å². The van der Waals surface area contributed by atoms with E-state index >= 15 is 0 Å². The van der Waals surface area contributed by atoms with Crippen molar-refractivity contribution < 1.29 is 32.2 Å². The standard InChI is InChI=1S/C37H43N5O7S/c1-25-21-31(47-3)16-13-28(25)23-41(37(44)33-22-32(26-9-10-26)38-39(33)2)24-29-7-6-8-34(35(29)48-4)49-30-14-11-27(12-15-30)36(43)40-17-19-42(20-18-40)50(5,45)46/h6-8,11-16,21-22,26H,9-10,17-20,23-24H2,1-5H3. The third kappa shape index (κ3) is 7.79. The number of carbonyl (C=O) groups is 2. The Morgan fingerprint density at radius 1 is 0.880 bits per heavy atom. The van der Waals surface area contributed by atoms with E-state index in [1.54, 1.807) is 59.0 Å². The second-order valence-electron chi connectivity index (χ2n) is 12.8. The zero-order valence-electron chi connectivity index (χ0n) is 29.1. The Kier molecular flexibility index (Phi) is 10.2. The number of hydrogen-bond acceptors (Lipinski definition) is 8. The molecule has 264 valence electrons. The van der Waals surface area contributed by atoms with Crippen LogP contribution < -0.4 is 14.2 Å². The van der Waals surface area contributed by atoms with Gasteiger partial charge in [-0.25, -0.2) is 8.42 Å². The zero-order valence-corrected chi connectivity index (χ0v) is 29.9. The molecule has 1 saturated carbocycles. The minimum atomic E-state index is -3.29. The molecule has 0 spiro atoms. The minimum absolute atomic E-state index is 0.145. The quantitative estimate of drug-likeness (QED) is 0.203. The van der Waals surface area contributed by atoms with Crippen LogP contribution in [0.1, 0.15) is 62.0 Å². The van der Waals surface area contributed by atoms with Crippen LogP contribution in [0.25, 0.3) is 0 Å². The van der Waals surface area contributed by atoms with Gasteiger partial charge in [0.05, 0.1) is 32.7 Å². The molecule has 0 atom stereocenters. The highest BCUT2D eigenvalue weighted by molar-refractivity contribution is 7.88. The number of nitrogens with zero attached hydrogens (tertiary/aromatic N) is 5. The normalized spacial score (nSPS) is 15.1. The van der Waals surface area contributed by atoms with E-state index in [1.165, 1.54) is 10.6 Å². The van der Waals surface area contributed by atoms with Gasteiger partial charge in [-0.3, -0.25) is 14.3 Å². The number of sulfonamides is 1. The SMILES string of the molecule is COc1ccc(CN(Cc2cccc(Oc3ccc(C(=O)N4CCN(S(C)(=O)=O)CC4)cc3)c2OC)C(=O)c2cc(C3CC3)nn2C)c(C)c1. The molecular weight excluding hydrogens is 659 g/mol. The van der Waals surface area contributed by atoms with Crippen molar-refractivity contribution in [2.75, 3.05) is 46.7 Å². The summed E-state index contributed by atoms with van der Waals surface area (Å²) in [5, 5.41) is 4.64. The third-order valence-electron chi connectivity index (χ3n) is 9.26. The monoisotopic (exact) mass is 701 g/mol. The van der Waals surface area contributed by atoms with Gasteiger partial charge >= 0.3 is 0 Å². The second-order valence-corrected chi connectivity index (χ2v) is 14.8. The van der Waals surface area contributed by atoms with E-state index in [9.17, 15) is 18.0 Å². The molecule has 1 aliphatic carbocycles. The van der Waals surface area contributed by atoms with Gasteiger partial charge in [0, 0.05) is 56.8 Å². The Bertz CT molecular complexity index is 1980. The predicted molar refractivity (Wildman–Crippen MR) is 188 cm³/mol. The molecule has 50 heavy (non-hydrogen) atoms. The smallest absolute Gasteiger partial charge is 0.272 e. The number of piperazine rings is 1. The molecular formula is C37H43N5O7S. The fraction of sp³-hybridized carbons (Fsp3) is 0.378. The Labute approximate surface area is 293 Å². The molecule has 3 aromatic carbocycles. The largest absolute Gasteiger partial charge is 0.497 e. The summed E-state index contributed by atoms with van der Waals surface area (Å²) in [5.41, 5.74) is 4.71. The van der Waals surface area contributed by atoms with Gasteiger partial charge < -0.3 is 24.0 Å². The lowest BCUT2D eigenvalue weighted by molar-refractivity contribution is 0.0696. The van der Waals surface area contributed by atoms with Crippen LogP contribution in [0.4, 0.5) is 0 Å². The molecule has 12 nitrogen and oxygen atoms in total. The van der Waals surface area contributed by atoms with Crippen molar-refractivity contribution in [3.05, 3.63) is 100 Å². The lowest BCUT2D eigenvalue weighted by atomic mass is 10.1. The number of amides is 2. The average Bonchev–Trinajstić information content (AvgIpc) is 3.89. The number of methoxy groups -OCH3 is 2. The van der Waals surface area contributed by atoms with Crippen molar-refractivity contribution in [3.8, 4) is 23.0 Å². The third-order valence-corrected chi connectivity index (χ3v) is 10.6. The molecule has 1 aliphatic heterocycles. The summed E-state index contributed by atoms with van der Waals surface area (Å²) in [6.45, 7) is 3.80. The van der Waals surface area contributed by atoms with Gasteiger partial charge in [-0.1, -0.05) is 18.2 Å². The van der Waals surface area contributed by atoms with E-state index in [1.807, 2.05) is 50.4 Å². The van der Waals surface area contributed by atoms with Crippen LogP contribution in [0.3, 0.4) is 0 Å². The molecule has 2 heterocycles. The van der Waals surface area contributed by atoms with Crippen molar-refractivity contribution in [3.63, 3.8) is 0 Å². The maximum absolute atomic E-state index is 14.2. The van der Waals surface area contributed by atoms with E-state index < -0.39 is 10.0 Å². The fourth-order valence-corrected chi connectivity index (χ4v) is 7.04. The van der Waals surface area contributed by atoms with Crippen molar-refractivity contribution in [1.82, 2.24) is 23.9 Å². The zero-order chi connectivity index (χ0) is 35.6. The Morgan fingerprint density at radius 3 is 2.18 bits per heavy atom. The predicted octanol–water partition coefficient (Wildman–Crippen LogP) is 4.98. The Balaban J connectivity index is 1.21. The van der Waals surface area contributed by atoms with Crippen LogP contribution in [-0.2, 0) is 30.2 Å². The summed E-state index contributed by atoms with van der Waals surface area (Å²) in [5.74, 6) is 2.31. The maximum atomic E-state index is 14.2. The molecule has 0 unspecified atom stereocenters. The van der Waals surface area contributed by atoms with Gasteiger partial charge in [-0.2, -0.15) is 9.40 Å². The van der Waals surface area contributed by atoms with E-state index in [4.69, 9.17) is 14.2 Å². The molecule has 2 fully saturated rings. The molecule has 1 saturated heterocycles. The summed E-state index contributed by atoms with van der Waals surface area (Å²) in [6, 6.07) is 20.1. The summed E-state index contributed by atoms with van der Waals surface area (Å²) in [7, 11) is 1.72. The number of hydrogen-bond donors (Lipinski definition) is 0. The number of aromatic nitrogens is 2. The van der Waals surface area contributed by atoms with Gasteiger partial charge in [0.15, 0.2) is 11.5 Å². The molecule has 13 heteroatoms. The molecule has 0 bridgehead atoms. The first-order valence-corrected chi connectivity index (χ1v) is 18.4. The van der Waals surface area contributed by atoms with Crippen LogP contribution in [0, 0.1) is 6.92 Å². The van der Waals surface area contributed by atoms with Gasteiger partial charge in [-0.05, 0) is 79.4 Å². The Hall–Kier alpha value is -4.88. The maximum Gasteiger partial charge on any atom is 0.272 e. The molecule has 1 aromatic heterocycles. The van der Waals surface area contributed by atoms with Crippen molar-refractivity contribution in [2.45, 2.75) is 38.8 Å². The number of ether oxygens (including phenoxy) is 3. The minimum Gasteiger partial charge on any atom is -0.497 e. The van der Waals surface area contributed by atoms with E-state index in [2.05, 4.69) is 5.10 Å². The van der Waals surface area contributed by atoms with Crippen LogP contribution >= 0.6 is 0 Å². The molecule has 4 aromatic rings. The van der Waals surface area contributed by atoms with Gasteiger partial charge in [0.1, 0.15) is 17.2 Å². The summed E-state index contributed by atoms with van der Waals surface area (Å²) in [6.07, 6.45) is 3.36. The highest BCUT2D eigenvalue weighted by Gasteiger charge is 2.30. The molecule has 2 amide bonds. The highest BCUT2D eigenvalue weighted by Crippen LogP contribution is 2.40. The first-order chi connectivity index (χ1) is 23.9. The number of benzene rings is 3.